The Balaban J connectivity index is 2.37. The molecule has 1 amide bonds. The number of ether oxygens (including phenoxy) is 1. The van der Waals surface area contributed by atoms with E-state index in [-0.39, 0.29) is 12.6 Å². The third-order valence-corrected chi connectivity index (χ3v) is 1.57. The summed E-state index contributed by atoms with van der Waals surface area (Å²) < 4.78 is 4.89. The van der Waals surface area contributed by atoms with Crippen molar-refractivity contribution < 1.29 is 9.53 Å². The molecule has 1 aromatic heterocycles. The summed E-state index contributed by atoms with van der Waals surface area (Å²) in [6.07, 6.45) is 2.84. The fourth-order valence-corrected chi connectivity index (χ4v) is 0.918. The van der Waals surface area contributed by atoms with Crippen molar-refractivity contribution in [3.8, 4) is 0 Å². The Labute approximate surface area is 88.9 Å². The minimum absolute atomic E-state index is 0.121. The lowest BCUT2D eigenvalue weighted by Gasteiger charge is -2.08. The average molecular weight is 209 g/mol. The van der Waals surface area contributed by atoms with Crippen LogP contribution in [0.5, 0.6) is 0 Å². The predicted molar refractivity (Wildman–Crippen MR) is 55.2 cm³/mol. The van der Waals surface area contributed by atoms with Gasteiger partial charge in [0.15, 0.2) is 0 Å². The van der Waals surface area contributed by atoms with E-state index in [9.17, 15) is 4.79 Å². The van der Waals surface area contributed by atoms with E-state index in [2.05, 4.69) is 15.3 Å². The molecule has 0 aliphatic heterocycles. The molecule has 5 heteroatoms. The molecule has 0 bridgehead atoms. The van der Waals surface area contributed by atoms with Gasteiger partial charge in [0.25, 0.3) is 0 Å². The van der Waals surface area contributed by atoms with E-state index in [4.69, 9.17) is 4.74 Å². The maximum absolute atomic E-state index is 11.1. The molecule has 0 atom stereocenters. The van der Waals surface area contributed by atoms with Gasteiger partial charge in [0, 0.05) is 12.4 Å². The van der Waals surface area contributed by atoms with E-state index in [1.807, 2.05) is 6.92 Å². The van der Waals surface area contributed by atoms with Crippen LogP contribution in [-0.2, 0) is 11.3 Å². The molecule has 0 radical (unpaired) electrons. The summed E-state index contributed by atoms with van der Waals surface area (Å²) in [5, 5.41) is 2.56. The lowest BCUT2D eigenvalue weighted by Crippen LogP contribution is -2.27. The molecule has 82 valence electrons. The van der Waals surface area contributed by atoms with Crippen LogP contribution in [0, 0.1) is 6.92 Å². The summed E-state index contributed by atoms with van der Waals surface area (Å²) in [5.41, 5.74) is 0.989. The Morgan fingerprint density at radius 1 is 1.47 bits per heavy atom. The number of carbonyl (C=O) groups excluding carboxylic acids is 1. The highest BCUT2D eigenvalue weighted by atomic mass is 16.6. The third kappa shape index (κ3) is 4.39. The highest BCUT2D eigenvalue weighted by Gasteiger charge is 2.04. The van der Waals surface area contributed by atoms with Crippen LogP contribution in [0.3, 0.4) is 0 Å². The van der Waals surface area contributed by atoms with Gasteiger partial charge >= 0.3 is 6.09 Å². The van der Waals surface area contributed by atoms with E-state index in [0.29, 0.717) is 5.82 Å². The van der Waals surface area contributed by atoms with Gasteiger partial charge in [-0.15, -0.1) is 0 Å². The number of carbonyl (C=O) groups is 1. The van der Waals surface area contributed by atoms with Crippen molar-refractivity contribution in [2.24, 2.45) is 0 Å². The molecule has 5 nitrogen and oxygen atoms in total. The molecule has 1 heterocycles. The zero-order chi connectivity index (χ0) is 11.3. The molecule has 15 heavy (non-hydrogen) atoms. The van der Waals surface area contributed by atoms with Crippen LogP contribution < -0.4 is 5.32 Å². The predicted octanol–water partition coefficient (Wildman–Crippen LogP) is 1.42. The maximum Gasteiger partial charge on any atom is 0.407 e. The van der Waals surface area contributed by atoms with Crippen LogP contribution in [0.25, 0.3) is 0 Å². The van der Waals surface area contributed by atoms with Crippen molar-refractivity contribution in [2.45, 2.75) is 33.4 Å². The summed E-state index contributed by atoms with van der Waals surface area (Å²) in [5.74, 6) is 0.571. The highest BCUT2D eigenvalue weighted by molar-refractivity contribution is 5.67. The zero-order valence-electron chi connectivity index (χ0n) is 9.15. The largest absolute Gasteiger partial charge is 0.447 e. The summed E-state index contributed by atoms with van der Waals surface area (Å²) in [7, 11) is 0. The van der Waals surface area contributed by atoms with Crippen LogP contribution in [0.4, 0.5) is 4.79 Å². The van der Waals surface area contributed by atoms with Gasteiger partial charge in [-0.3, -0.25) is 0 Å². The monoisotopic (exact) mass is 209 g/mol. The first-order chi connectivity index (χ1) is 7.08. The summed E-state index contributed by atoms with van der Waals surface area (Å²) in [6.45, 7) is 5.78. The Kier molecular flexibility index (Phi) is 4.03. The molecule has 0 aromatic carbocycles. The van der Waals surface area contributed by atoms with Crippen molar-refractivity contribution in [1.29, 1.82) is 0 Å². The normalized spacial score (nSPS) is 10.1. The number of hydrogen-bond donors (Lipinski definition) is 1. The lowest BCUT2D eigenvalue weighted by atomic mass is 10.4. The maximum atomic E-state index is 11.1. The van der Waals surface area contributed by atoms with Gasteiger partial charge in [0.2, 0.25) is 0 Å². The number of hydrogen-bond acceptors (Lipinski definition) is 4. The van der Waals surface area contributed by atoms with E-state index in [1.54, 1.807) is 26.2 Å². The first-order valence-corrected chi connectivity index (χ1v) is 4.80. The standard InChI is InChI=1S/C10H15N3O2/c1-7(2)15-10(14)13-6-9-11-4-8(3)5-12-9/h4-5,7H,6H2,1-3H3,(H,13,14). The van der Waals surface area contributed by atoms with Crippen molar-refractivity contribution in [1.82, 2.24) is 15.3 Å². The minimum atomic E-state index is -0.450. The van der Waals surface area contributed by atoms with Gasteiger partial charge in [-0.2, -0.15) is 0 Å². The smallest absolute Gasteiger partial charge is 0.407 e. The van der Waals surface area contributed by atoms with Crippen LogP contribution >= 0.6 is 0 Å². The van der Waals surface area contributed by atoms with Gasteiger partial charge in [0.05, 0.1) is 12.6 Å². The van der Waals surface area contributed by atoms with Gasteiger partial charge in [-0.05, 0) is 26.3 Å². The number of amides is 1. The zero-order valence-corrected chi connectivity index (χ0v) is 9.15. The number of alkyl carbamates (subject to hydrolysis) is 1. The van der Waals surface area contributed by atoms with Crippen molar-refractivity contribution in [3.05, 3.63) is 23.8 Å². The molecular weight excluding hydrogens is 194 g/mol. The van der Waals surface area contributed by atoms with E-state index >= 15 is 0 Å². The molecular formula is C10H15N3O2. The SMILES string of the molecule is Cc1cnc(CNC(=O)OC(C)C)nc1. The Morgan fingerprint density at radius 2 is 2.07 bits per heavy atom. The second kappa shape index (κ2) is 5.29. The van der Waals surface area contributed by atoms with Crippen LogP contribution in [0.1, 0.15) is 25.2 Å². The summed E-state index contributed by atoms with van der Waals surface area (Å²) in [4.78, 5) is 19.2. The van der Waals surface area contributed by atoms with E-state index in [1.165, 1.54) is 0 Å². The molecule has 1 aromatic rings. The Morgan fingerprint density at radius 3 is 2.60 bits per heavy atom. The van der Waals surface area contributed by atoms with Crippen molar-refractivity contribution >= 4 is 6.09 Å². The Bertz CT molecular complexity index is 322. The number of aryl methyl sites for hydroxylation is 1. The number of nitrogens with one attached hydrogen (secondary N) is 1. The molecule has 1 N–H and O–H groups in total. The molecule has 0 spiro atoms. The van der Waals surface area contributed by atoms with Crippen molar-refractivity contribution in [2.75, 3.05) is 0 Å². The second-order valence-electron chi connectivity index (χ2n) is 3.48. The topological polar surface area (TPSA) is 64.1 Å². The average Bonchev–Trinajstić information content (AvgIpc) is 2.16. The fraction of sp³-hybridized carbons (Fsp3) is 0.500. The number of aromatic nitrogens is 2. The molecule has 0 fully saturated rings. The second-order valence-corrected chi connectivity index (χ2v) is 3.48. The summed E-state index contributed by atoms with van der Waals surface area (Å²) >= 11 is 0. The molecule has 1 rings (SSSR count). The van der Waals surface area contributed by atoms with Crippen LogP contribution in [0.2, 0.25) is 0 Å². The number of nitrogens with zero attached hydrogens (tertiary/aromatic N) is 2. The Hall–Kier alpha value is -1.65. The van der Waals surface area contributed by atoms with E-state index < -0.39 is 6.09 Å². The fourth-order valence-electron chi connectivity index (χ4n) is 0.918. The lowest BCUT2D eigenvalue weighted by molar-refractivity contribution is 0.115. The molecule has 0 saturated carbocycles. The van der Waals surface area contributed by atoms with E-state index in [0.717, 1.165) is 5.56 Å². The minimum Gasteiger partial charge on any atom is -0.447 e. The number of rotatable bonds is 3. The van der Waals surface area contributed by atoms with Gasteiger partial charge in [0.1, 0.15) is 5.82 Å². The molecule has 0 unspecified atom stereocenters. The van der Waals surface area contributed by atoms with Gasteiger partial charge in [-0.25, -0.2) is 14.8 Å². The first-order valence-electron chi connectivity index (χ1n) is 4.80. The quantitative estimate of drug-likeness (QED) is 0.817. The van der Waals surface area contributed by atoms with Crippen LogP contribution in [0.15, 0.2) is 12.4 Å². The summed E-state index contributed by atoms with van der Waals surface area (Å²) in [6, 6.07) is 0. The highest BCUT2D eigenvalue weighted by Crippen LogP contribution is 1.94. The van der Waals surface area contributed by atoms with Crippen LogP contribution in [-0.4, -0.2) is 22.2 Å². The van der Waals surface area contributed by atoms with Gasteiger partial charge in [-0.1, -0.05) is 0 Å². The first kappa shape index (κ1) is 11.4. The third-order valence-electron chi connectivity index (χ3n) is 1.57. The molecule has 0 saturated heterocycles. The van der Waals surface area contributed by atoms with Crippen molar-refractivity contribution in [3.63, 3.8) is 0 Å². The molecule has 0 aliphatic carbocycles. The molecule has 0 aliphatic rings. The van der Waals surface area contributed by atoms with Gasteiger partial charge < -0.3 is 10.1 Å².